The predicted molar refractivity (Wildman–Crippen MR) is 166 cm³/mol. The van der Waals surface area contributed by atoms with Crippen LogP contribution in [0.25, 0.3) is 0 Å². The number of nitrogens with zero attached hydrogens (tertiary/aromatic N) is 1. The zero-order valence-electron chi connectivity index (χ0n) is 28.1. The van der Waals surface area contributed by atoms with Crippen LogP contribution in [0.4, 0.5) is 4.79 Å². The van der Waals surface area contributed by atoms with Gasteiger partial charge in [-0.2, -0.15) is 0 Å². The fraction of sp³-hybridized carbons (Fsp3) is 0.812. The van der Waals surface area contributed by atoms with Crippen molar-refractivity contribution in [3.63, 3.8) is 0 Å². The molecule has 3 aliphatic rings. The molecule has 0 radical (unpaired) electrons. The fourth-order valence-electron chi connectivity index (χ4n) is 6.70. The maximum atomic E-state index is 14.2. The largest absolute Gasteiger partial charge is 0.363 e. The lowest BCUT2D eigenvalue weighted by Crippen LogP contribution is -2.63. The van der Waals surface area contributed by atoms with Crippen LogP contribution in [-0.4, -0.2) is 77.1 Å². The van der Waals surface area contributed by atoms with Gasteiger partial charge in [-0.25, -0.2) is 4.79 Å². The molecule has 3 rings (SSSR count). The van der Waals surface area contributed by atoms with Gasteiger partial charge in [-0.15, -0.1) is 0 Å². The summed E-state index contributed by atoms with van der Waals surface area (Å²) in [5.74, 6) is -3.04. The van der Waals surface area contributed by atoms with Crippen molar-refractivity contribution < 1.29 is 28.8 Å². The lowest BCUT2D eigenvalue weighted by Gasteiger charge is -2.38. The zero-order valence-corrected chi connectivity index (χ0v) is 28.1. The van der Waals surface area contributed by atoms with Crippen LogP contribution in [0.1, 0.15) is 94.9 Å². The molecule has 1 unspecified atom stereocenters. The van der Waals surface area contributed by atoms with Crippen molar-refractivity contribution in [3.8, 4) is 0 Å². The maximum Gasteiger partial charge on any atom is 0.316 e. The van der Waals surface area contributed by atoms with Gasteiger partial charge in [-0.05, 0) is 54.3 Å². The number of hydrogen-bond acceptors (Lipinski definition) is 6. The Kier molecular flexibility index (Phi) is 10.2. The van der Waals surface area contributed by atoms with E-state index in [1.54, 1.807) is 0 Å². The lowest BCUT2D eigenvalue weighted by molar-refractivity contribution is -0.145. The molecule has 1 saturated heterocycles. The molecule has 0 aromatic carbocycles. The summed E-state index contributed by atoms with van der Waals surface area (Å²) in [6.07, 6.45) is 3.20. The second-order valence-electron chi connectivity index (χ2n) is 16.1. The first-order chi connectivity index (χ1) is 20.1. The molecule has 0 aromatic rings. The zero-order chi connectivity index (χ0) is 33.5. The molecule has 6 N–H and O–H groups in total. The van der Waals surface area contributed by atoms with Crippen molar-refractivity contribution in [1.82, 2.24) is 26.2 Å². The van der Waals surface area contributed by atoms with Crippen LogP contribution < -0.4 is 27.0 Å². The molecule has 0 spiro atoms. The Morgan fingerprint density at radius 3 is 1.86 bits per heavy atom. The number of Topliss-reactive ketones (excluding diaryl/α,β-unsaturated/α-hetero) is 1. The Labute approximate surface area is 261 Å². The molecule has 12 heteroatoms. The Hall–Kier alpha value is -3.18. The van der Waals surface area contributed by atoms with Crippen molar-refractivity contribution in [2.24, 2.45) is 39.7 Å². The van der Waals surface area contributed by atoms with Crippen molar-refractivity contribution in [2.75, 3.05) is 6.54 Å². The van der Waals surface area contributed by atoms with Crippen molar-refractivity contribution >= 4 is 35.4 Å². The summed E-state index contributed by atoms with van der Waals surface area (Å²) >= 11 is 0. The smallest absolute Gasteiger partial charge is 0.316 e. The molecule has 3 fully saturated rings. The molecule has 2 aliphatic carbocycles. The normalized spacial score (nSPS) is 24.7. The highest BCUT2D eigenvalue weighted by Crippen LogP contribution is 2.65. The fourth-order valence-corrected chi connectivity index (χ4v) is 6.70. The SMILES string of the molecule is CC(C)NC(=O)[C@@H](NC(=O)N[C@H](C(=O)N1C[C@H]2[C@@H]([C@H]1C(=O)NC(CC1CCC1)C(=O)C(N)=O)C2(C)C)C(C)(C)C)C(C)(C)C. The van der Waals surface area contributed by atoms with Gasteiger partial charge in [-0.3, -0.25) is 24.0 Å². The summed E-state index contributed by atoms with van der Waals surface area (Å²) in [5.41, 5.74) is 3.77. The highest BCUT2D eigenvalue weighted by Gasteiger charge is 2.70. The second-order valence-corrected chi connectivity index (χ2v) is 16.1. The number of ketones is 1. The molecule has 6 atom stereocenters. The third-order valence-corrected chi connectivity index (χ3v) is 9.65. The van der Waals surface area contributed by atoms with Crippen LogP contribution in [0.2, 0.25) is 0 Å². The van der Waals surface area contributed by atoms with Crippen LogP contribution in [0.5, 0.6) is 0 Å². The molecular formula is C32H54N6O6. The molecule has 6 amide bonds. The number of piperidine rings is 1. The minimum absolute atomic E-state index is 0.0681. The highest BCUT2D eigenvalue weighted by molar-refractivity contribution is 6.37. The van der Waals surface area contributed by atoms with Crippen LogP contribution in [0, 0.1) is 34.0 Å². The summed E-state index contributed by atoms with van der Waals surface area (Å²) in [6.45, 7) is 19.1. The summed E-state index contributed by atoms with van der Waals surface area (Å²) in [6, 6.07) is -4.60. The molecule has 44 heavy (non-hydrogen) atoms. The van der Waals surface area contributed by atoms with Crippen LogP contribution in [-0.2, 0) is 24.0 Å². The van der Waals surface area contributed by atoms with E-state index in [9.17, 15) is 28.8 Å². The standard InChI is InChI=1S/C32H54N6O6/c1-16(2)34-27(42)23(30(3,4)5)36-29(44)37-24(31(6,7)8)28(43)38-15-18-20(32(18,9)10)21(38)26(41)35-19(22(39)25(33)40)14-17-12-11-13-17/h16-21,23-24H,11-15H2,1-10H3,(H2,33,40)(H,34,42)(H,35,41)(H2,36,37,44)/t18-,19?,20-,21-,23+,24+/m0/s1. The average molecular weight is 619 g/mol. The first-order valence-electron chi connectivity index (χ1n) is 15.9. The van der Waals surface area contributed by atoms with Gasteiger partial charge in [0.2, 0.25) is 23.5 Å². The summed E-state index contributed by atoms with van der Waals surface area (Å²) in [5, 5.41) is 11.2. The number of fused-ring (bicyclic) bond motifs is 1. The van der Waals surface area contributed by atoms with Crippen LogP contribution in [0.15, 0.2) is 0 Å². The minimum Gasteiger partial charge on any atom is -0.363 e. The number of primary amides is 1. The van der Waals surface area contributed by atoms with Gasteiger partial charge >= 0.3 is 6.03 Å². The summed E-state index contributed by atoms with van der Waals surface area (Å²) in [4.78, 5) is 80.4. The van der Waals surface area contributed by atoms with E-state index in [1.807, 2.05) is 69.2 Å². The lowest BCUT2D eigenvalue weighted by atomic mass is 9.80. The van der Waals surface area contributed by atoms with E-state index in [0.717, 1.165) is 19.3 Å². The highest BCUT2D eigenvalue weighted by atomic mass is 16.2. The first-order valence-corrected chi connectivity index (χ1v) is 15.9. The number of nitrogens with two attached hydrogens (primary N) is 1. The molecule has 1 aliphatic heterocycles. The number of amides is 6. The van der Waals surface area contributed by atoms with E-state index in [0.29, 0.717) is 13.0 Å². The number of rotatable bonds is 11. The Bertz CT molecular complexity index is 1160. The molecule has 2 saturated carbocycles. The number of carbonyl (C=O) groups is 6. The van der Waals surface area contributed by atoms with Crippen molar-refractivity contribution in [2.45, 2.75) is 125 Å². The first kappa shape index (κ1) is 35.3. The predicted octanol–water partition coefficient (Wildman–Crippen LogP) is 1.85. The van der Waals surface area contributed by atoms with Gasteiger partial charge in [0.25, 0.3) is 5.91 Å². The number of hydrogen-bond donors (Lipinski definition) is 5. The van der Waals surface area contributed by atoms with Gasteiger partial charge in [0.05, 0.1) is 6.04 Å². The molecule has 0 bridgehead atoms. The summed E-state index contributed by atoms with van der Waals surface area (Å²) < 4.78 is 0. The van der Waals surface area contributed by atoms with Gasteiger partial charge in [-0.1, -0.05) is 74.7 Å². The van der Waals surface area contributed by atoms with Gasteiger partial charge in [0.15, 0.2) is 0 Å². The molecule has 1 heterocycles. The van der Waals surface area contributed by atoms with E-state index >= 15 is 0 Å². The minimum atomic E-state index is -1.10. The topological polar surface area (TPSA) is 180 Å². The third-order valence-electron chi connectivity index (χ3n) is 9.65. The summed E-state index contributed by atoms with van der Waals surface area (Å²) in [7, 11) is 0. The number of nitrogens with one attached hydrogen (secondary N) is 4. The van der Waals surface area contributed by atoms with E-state index in [4.69, 9.17) is 5.73 Å². The van der Waals surface area contributed by atoms with Gasteiger partial charge in [0, 0.05) is 12.6 Å². The average Bonchev–Trinajstić information content (AvgIpc) is 3.18. The Balaban J connectivity index is 1.83. The van der Waals surface area contributed by atoms with E-state index in [1.165, 1.54) is 4.90 Å². The van der Waals surface area contributed by atoms with Crippen LogP contribution in [0.3, 0.4) is 0 Å². The Morgan fingerprint density at radius 1 is 0.864 bits per heavy atom. The Morgan fingerprint density at radius 2 is 1.41 bits per heavy atom. The van der Waals surface area contributed by atoms with E-state index < -0.39 is 64.5 Å². The van der Waals surface area contributed by atoms with Gasteiger partial charge < -0.3 is 31.9 Å². The quantitative estimate of drug-likeness (QED) is 0.221. The van der Waals surface area contributed by atoms with Crippen molar-refractivity contribution in [3.05, 3.63) is 0 Å². The van der Waals surface area contributed by atoms with E-state index in [2.05, 4.69) is 21.3 Å². The van der Waals surface area contributed by atoms with Crippen molar-refractivity contribution in [1.29, 1.82) is 0 Å². The van der Waals surface area contributed by atoms with E-state index in [-0.39, 0.29) is 35.1 Å². The monoisotopic (exact) mass is 618 g/mol. The second kappa shape index (κ2) is 12.7. The van der Waals surface area contributed by atoms with Gasteiger partial charge in [0.1, 0.15) is 18.1 Å². The molecular weight excluding hydrogens is 564 g/mol. The number of carbonyl (C=O) groups excluding carboxylic acids is 6. The molecule has 12 nitrogen and oxygen atoms in total. The molecule has 248 valence electrons. The number of likely N-dealkylation sites (tertiary alicyclic amines) is 1. The molecule has 0 aromatic heterocycles. The maximum absolute atomic E-state index is 14.2. The third kappa shape index (κ3) is 7.72. The van der Waals surface area contributed by atoms with Crippen LogP contribution >= 0.6 is 0 Å². The number of urea groups is 1.